The van der Waals surface area contributed by atoms with Crippen LogP contribution in [-0.2, 0) is 9.47 Å². The van der Waals surface area contributed by atoms with Gasteiger partial charge in [-0.3, -0.25) is 0 Å². The summed E-state index contributed by atoms with van der Waals surface area (Å²) in [6.07, 6.45) is 0. The molecule has 0 aromatic heterocycles. The predicted molar refractivity (Wildman–Crippen MR) is 44.5 cm³/mol. The Labute approximate surface area is 64.0 Å². The number of nitrogens with two attached hydrogens (primary N) is 1. The zero-order valence-electron chi connectivity index (χ0n) is 6.59. The van der Waals surface area contributed by atoms with Gasteiger partial charge in [0.25, 0.3) is 5.95 Å². The van der Waals surface area contributed by atoms with Crippen LogP contribution >= 0.6 is 0 Å². The monoisotopic (exact) mass is 161 g/mol. The minimum atomic E-state index is -0.195. The lowest BCUT2D eigenvalue weighted by Gasteiger charge is -2.01. The third kappa shape index (κ3) is 4.40. The molecule has 0 aliphatic carbocycles. The summed E-state index contributed by atoms with van der Waals surface area (Å²) in [5, 5.41) is 0. The van der Waals surface area contributed by atoms with Crippen molar-refractivity contribution in [2.24, 2.45) is 5.73 Å². The van der Waals surface area contributed by atoms with Gasteiger partial charge in [0, 0.05) is 0 Å². The molecule has 0 atom stereocenters. The Bertz CT molecular complexity index is 99.9. The minimum Gasteiger partial charge on any atom is -0.469 e. The quantitative estimate of drug-likeness (QED) is 0.340. The minimum absolute atomic E-state index is 0.195. The van der Waals surface area contributed by atoms with Gasteiger partial charge in [0.15, 0.2) is 0 Å². The van der Waals surface area contributed by atoms with Crippen LogP contribution in [0, 0.1) is 0 Å². The predicted octanol–water partition coefficient (Wildman–Crippen LogP) is -0.376. The molecule has 0 fully saturated rings. The van der Waals surface area contributed by atoms with Crippen molar-refractivity contribution in [1.82, 2.24) is 0 Å². The Morgan fingerprint density at radius 2 is 2.10 bits per heavy atom. The van der Waals surface area contributed by atoms with Gasteiger partial charge in [0.1, 0.15) is 0 Å². The molecule has 0 amide bonds. The van der Waals surface area contributed by atoms with Gasteiger partial charge in [-0.05, 0) is 18.3 Å². The first-order valence-corrected chi connectivity index (χ1v) is 5.15. The Morgan fingerprint density at radius 3 is 2.50 bits per heavy atom. The standard InChI is InChI=1S/C6H15NO2Si/c1-8-6(9-2)5-10-4-3-7/h5H,3-4,7,10H2,1-2H3. The molecular weight excluding hydrogens is 146 g/mol. The molecular formula is C6H15NO2Si. The maximum absolute atomic E-state index is 5.32. The Morgan fingerprint density at radius 1 is 1.50 bits per heavy atom. The van der Waals surface area contributed by atoms with Crippen molar-refractivity contribution in [2.75, 3.05) is 20.8 Å². The van der Waals surface area contributed by atoms with E-state index in [0.717, 1.165) is 12.6 Å². The highest BCUT2D eigenvalue weighted by atomic mass is 28.2. The van der Waals surface area contributed by atoms with Gasteiger partial charge in [-0.1, -0.05) is 0 Å². The molecule has 0 aromatic rings. The smallest absolute Gasteiger partial charge is 0.269 e. The fourth-order valence-electron chi connectivity index (χ4n) is 0.588. The zero-order chi connectivity index (χ0) is 7.82. The van der Waals surface area contributed by atoms with Gasteiger partial charge < -0.3 is 15.2 Å². The summed E-state index contributed by atoms with van der Waals surface area (Å²) in [6, 6.07) is 1.11. The van der Waals surface area contributed by atoms with E-state index in [1.807, 2.05) is 5.70 Å². The first-order chi connectivity index (χ1) is 4.85. The van der Waals surface area contributed by atoms with E-state index in [0.29, 0.717) is 5.95 Å². The molecule has 0 bridgehead atoms. The van der Waals surface area contributed by atoms with Crippen LogP contribution in [-0.4, -0.2) is 30.3 Å². The Balaban J connectivity index is 3.43. The van der Waals surface area contributed by atoms with E-state index >= 15 is 0 Å². The van der Waals surface area contributed by atoms with Crippen molar-refractivity contribution >= 4 is 9.52 Å². The van der Waals surface area contributed by atoms with Gasteiger partial charge in [-0.15, -0.1) is 0 Å². The molecule has 0 heterocycles. The fraction of sp³-hybridized carbons (Fsp3) is 0.667. The average Bonchev–Trinajstić information content (AvgIpc) is 1.99. The van der Waals surface area contributed by atoms with Crippen molar-refractivity contribution in [2.45, 2.75) is 6.04 Å². The van der Waals surface area contributed by atoms with E-state index in [-0.39, 0.29) is 9.52 Å². The highest BCUT2D eigenvalue weighted by Gasteiger charge is 1.90. The van der Waals surface area contributed by atoms with E-state index in [2.05, 4.69) is 0 Å². The molecule has 0 spiro atoms. The van der Waals surface area contributed by atoms with Crippen LogP contribution in [0.15, 0.2) is 11.6 Å². The summed E-state index contributed by atoms with van der Waals surface area (Å²) >= 11 is 0. The Kier molecular flexibility index (Phi) is 6.31. The van der Waals surface area contributed by atoms with Crippen LogP contribution in [0.4, 0.5) is 0 Å². The summed E-state index contributed by atoms with van der Waals surface area (Å²) < 4.78 is 9.76. The van der Waals surface area contributed by atoms with E-state index in [1.54, 1.807) is 14.2 Å². The highest BCUT2D eigenvalue weighted by Crippen LogP contribution is 1.93. The van der Waals surface area contributed by atoms with E-state index in [9.17, 15) is 0 Å². The molecule has 0 unspecified atom stereocenters. The highest BCUT2D eigenvalue weighted by molar-refractivity contribution is 6.42. The SMILES string of the molecule is COC(=C[SiH2]CCN)OC. The molecule has 0 aromatic carbocycles. The fourth-order valence-corrected chi connectivity index (χ4v) is 1.60. The summed E-state index contributed by atoms with van der Waals surface area (Å²) in [5.74, 6) is 0.625. The molecule has 0 rings (SSSR count). The molecule has 60 valence electrons. The van der Waals surface area contributed by atoms with Crippen LogP contribution in [0.2, 0.25) is 6.04 Å². The van der Waals surface area contributed by atoms with Crippen molar-refractivity contribution < 1.29 is 9.47 Å². The van der Waals surface area contributed by atoms with Crippen LogP contribution in [0.3, 0.4) is 0 Å². The lowest BCUT2D eigenvalue weighted by atomic mass is 10.8. The van der Waals surface area contributed by atoms with Gasteiger partial charge in [-0.25, -0.2) is 0 Å². The molecule has 3 nitrogen and oxygen atoms in total. The van der Waals surface area contributed by atoms with Gasteiger partial charge in [-0.2, -0.15) is 0 Å². The maximum Gasteiger partial charge on any atom is 0.269 e. The lowest BCUT2D eigenvalue weighted by Crippen LogP contribution is -2.02. The second-order valence-corrected chi connectivity index (χ2v) is 3.56. The average molecular weight is 161 g/mol. The molecule has 2 N–H and O–H groups in total. The van der Waals surface area contributed by atoms with Gasteiger partial charge in [0.2, 0.25) is 0 Å². The number of hydrogen-bond donors (Lipinski definition) is 1. The van der Waals surface area contributed by atoms with Crippen molar-refractivity contribution in [3.63, 3.8) is 0 Å². The largest absolute Gasteiger partial charge is 0.469 e. The number of methoxy groups -OCH3 is 2. The van der Waals surface area contributed by atoms with Crippen LogP contribution in [0.5, 0.6) is 0 Å². The summed E-state index contributed by atoms with van der Waals surface area (Å²) in [6.45, 7) is 0.767. The first kappa shape index (κ1) is 9.52. The Hall–Kier alpha value is -0.483. The molecule has 4 heteroatoms. The van der Waals surface area contributed by atoms with Crippen LogP contribution in [0.1, 0.15) is 0 Å². The number of hydrogen-bond acceptors (Lipinski definition) is 3. The zero-order valence-corrected chi connectivity index (χ0v) is 8.01. The maximum atomic E-state index is 5.32. The number of rotatable bonds is 5. The van der Waals surface area contributed by atoms with Crippen molar-refractivity contribution in [3.8, 4) is 0 Å². The molecule has 0 aliphatic heterocycles. The summed E-state index contributed by atoms with van der Waals surface area (Å²) in [5.41, 5.74) is 7.34. The molecule has 0 saturated heterocycles. The third-order valence-corrected chi connectivity index (χ3v) is 2.56. The van der Waals surface area contributed by atoms with E-state index in [1.165, 1.54) is 0 Å². The van der Waals surface area contributed by atoms with Crippen molar-refractivity contribution in [3.05, 3.63) is 11.6 Å². The topological polar surface area (TPSA) is 44.5 Å². The second-order valence-electron chi connectivity index (χ2n) is 1.86. The van der Waals surface area contributed by atoms with E-state index in [4.69, 9.17) is 15.2 Å². The van der Waals surface area contributed by atoms with Gasteiger partial charge in [0.05, 0.1) is 23.7 Å². The second kappa shape index (κ2) is 6.63. The summed E-state index contributed by atoms with van der Waals surface area (Å²) in [7, 11) is 3.01. The van der Waals surface area contributed by atoms with Crippen LogP contribution < -0.4 is 5.73 Å². The van der Waals surface area contributed by atoms with E-state index < -0.39 is 0 Å². The molecule has 10 heavy (non-hydrogen) atoms. The number of ether oxygens (including phenoxy) is 2. The molecule has 0 radical (unpaired) electrons. The molecule has 0 aliphatic rings. The summed E-state index contributed by atoms with van der Waals surface area (Å²) in [4.78, 5) is 0. The lowest BCUT2D eigenvalue weighted by molar-refractivity contribution is 0.0964. The van der Waals surface area contributed by atoms with Gasteiger partial charge >= 0.3 is 0 Å². The first-order valence-electron chi connectivity index (χ1n) is 3.33. The molecule has 0 saturated carbocycles. The van der Waals surface area contributed by atoms with Crippen LogP contribution in [0.25, 0.3) is 0 Å². The van der Waals surface area contributed by atoms with Crippen molar-refractivity contribution in [1.29, 1.82) is 0 Å². The normalized spacial score (nSPS) is 9.90. The third-order valence-electron chi connectivity index (χ3n) is 1.12.